The second kappa shape index (κ2) is 3.32. The number of nitrogens with zero attached hydrogens (tertiary/aromatic N) is 3. The minimum Gasteiger partial charge on any atom is -0.341 e. The van der Waals surface area contributed by atoms with Crippen molar-refractivity contribution in [1.82, 2.24) is 9.97 Å². The minimum absolute atomic E-state index is 0.782. The van der Waals surface area contributed by atoms with Gasteiger partial charge < -0.3 is 4.90 Å². The van der Waals surface area contributed by atoms with Gasteiger partial charge in [-0.15, -0.1) is 0 Å². The molecule has 2 heterocycles. The van der Waals surface area contributed by atoms with Gasteiger partial charge >= 0.3 is 0 Å². The van der Waals surface area contributed by atoms with Gasteiger partial charge in [-0.1, -0.05) is 6.92 Å². The highest BCUT2D eigenvalue weighted by molar-refractivity contribution is 5.31. The molecule has 1 saturated heterocycles. The van der Waals surface area contributed by atoms with Gasteiger partial charge in [0.1, 0.15) is 0 Å². The van der Waals surface area contributed by atoms with Gasteiger partial charge in [0.25, 0.3) is 0 Å². The minimum atomic E-state index is 0.782. The van der Waals surface area contributed by atoms with Crippen molar-refractivity contribution in [1.29, 1.82) is 0 Å². The molecule has 1 atom stereocenters. The third-order valence-corrected chi connectivity index (χ3v) is 2.49. The molecule has 1 aromatic heterocycles. The van der Waals surface area contributed by atoms with Gasteiger partial charge in [-0.2, -0.15) is 0 Å². The Morgan fingerprint density at radius 3 is 3.00 bits per heavy atom. The van der Waals surface area contributed by atoms with Crippen LogP contribution in [0.15, 0.2) is 12.3 Å². The third kappa shape index (κ3) is 1.79. The predicted molar refractivity (Wildman–Crippen MR) is 52.8 cm³/mol. The van der Waals surface area contributed by atoms with Gasteiger partial charge in [0.2, 0.25) is 5.95 Å². The van der Waals surface area contributed by atoms with Crippen molar-refractivity contribution in [2.75, 3.05) is 18.0 Å². The van der Waals surface area contributed by atoms with Crippen LogP contribution >= 0.6 is 0 Å². The summed E-state index contributed by atoms with van der Waals surface area (Å²) < 4.78 is 0. The quantitative estimate of drug-likeness (QED) is 0.653. The lowest BCUT2D eigenvalue weighted by Gasteiger charge is -2.15. The van der Waals surface area contributed by atoms with Crippen LogP contribution in [0.2, 0.25) is 0 Å². The Kier molecular flexibility index (Phi) is 2.17. The van der Waals surface area contributed by atoms with E-state index in [-0.39, 0.29) is 0 Å². The van der Waals surface area contributed by atoms with E-state index in [1.165, 1.54) is 6.42 Å². The molecule has 0 bridgehead atoms. The summed E-state index contributed by atoms with van der Waals surface area (Å²) >= 11 is 0. The summed E-state index contributed by atoms with van der Waals surface area (Å²) in [5, 5.41) is 0. The lowest BCUT2D eigenvalue weighted by atomic mass is 10.2. The first-order chi connectivity index (χ1) is 6.25. The molecule has 1 aliphatic rings. The molecule has 1 fully saturated rings. The Bertz CT molecular complexity index is 298. The van der Waals surface area contributed by atoms with Crippen LogP contribution in [0.1, 0.15) is 19.0 Å². The van der Waals surface area contributed by atoms with E-state index in [2.05, 4.69) is 21.8 Å². The highest BCUT2D eigenvalue weighted by atomic mass is 15.3. The molecule has 0 amide bonds. The number of hydrogen-bond donors (Lipinski definition) is 0. The maximum absolute atomic E-state index is 4.40. The van der Waals surface area contributed by atoms with Crippen LogP contribution in [-0.2, 0) is 0 Å². The fourth-order valence-electron chi connectivity index (χ4n) is 1.70. The van der Waals surface area contributed by atoms with Crippen molar-refractivity contribution >= 4 is 5.95 Å². The van der Waals surface area contributed by atoms with Crippen LogP contribution in [0.25, 0.3) is 0 Å². The summed E-state index contributed by atoms with van der Waals surface area (Å²) in [5.74, 6) is 1.67. The van der Waals surface area contributed by atoms with E-state index in [0.29, 0.717) is 0 Å². The Morgan fingerprint density at radius 1 is 1.54 bits per heavy atom. The second-order valence-electron chi connectivity index (χ2n) is 3.84. The van der Waals surface area contributed by atoms with E-state index >= 15 is 0 Å². The second-order valence-corrected chi connectivity index (χ2v) is 3.84. The SMILES string of the molecule is Cc1ccnc(N2CCC(C)C2)n1. The smallest absolute Gasteiger partial charge is 0.225 e. The first kappa shape index (κ1) is 8.48. The lowest BCUT2D eigenvalue weighted by molar-refractivity contribution is 0.658. The molecular weight excluding hydrogens is 162 g/mol. The van der Waals surface area contributed by atoms with E-state index in [1.807, 2.05) is 19.2 Å². The number of aromatic nitrogens is 2. The van der Waals surface area contributed by atoms with Gasteiger partial charge in [0, 0.05) is 25.0 Å². The largest absolute Gasteiger partial charge is 0.341 e. The molecule has 0 radical (unpaired) electrons. The van der Waals surface area contributed by atoms with Gasteiger partial charge in [0.05, 0.1) is 0 Å². The molecule has 3 nitrogen and oxygen atoms in total. The molecule has 2 rings (SSSR count). The highest BCUT2D eigenvalue weighted by Gasteiger charge is 2.20. The Morgan fingerprint density at radius 2 is 2.38 bits per heavy atom. The molecule has 13 heavy (non-hydrogen) atoms. The number of anilines is 1. The monoisotopic (exact) mass is 177 g/mol. The van der Waals surface area contributed by atoms with Gasteiger partial charge in [-0.05, 0) is 25.3 Å². The maximum atomic E-state index is 4.40. The van der Waals surface area contributed by atoms with Gasteiger partial charge in [-0.3, -0.25) is 0 Å². The summed E-state index contributed by atoms with van der Waals surface area (Å²) in [5.41, 5.74) is 1.05. The molecule has 1 aromatic rings. The van der Waals surface area contributed by atoms with Crippen LogP contribution in [-0.4, -0.2) is 23.1 Å². The summed E-state index contributed by atoms with van der Waals surface area (Å²) in [6, 6.07) is 1.93. The van der Waals surface area contributed by atoms with Crippen molar-refractivity contribution in [3.63, 3.8) is 0 Å². The predicted octanol–water partition coefficient (Wildman–Crippen LogP) is 1.63. The topological polar surface area (TPSA) is 29.0 Å². The molecule has 0 aliphatic carbocycles. The lowest BCUT2D eigenvalue weighted by Crippen LogP contribution is -2.21. The molecule has 3 heteroatoms. The summed E-state index contributed by atoms with van der Waals surface area (Å²) in [6.07, 6.45) is 3.10. The first-order valence-corrected chi connectivity index (χ1v) is 4.80. The Labute approximate surface area is 78.8 Å². The third-order valence-electron chi connectivity index (χ3n) is 2.49. The van der Waals surface area contributed by atoms with Crippen LogP contribution in [0.4, 0.5) is 5.95 Å². The van der Waals surface area contributed by atoms with Gasteiger partial charge in [-0.25, -0.2) is 9.97 Å². The summed E-state index contributed by atoms with van der Waals surface area (Å²) in [6.45, 7) is 6.48. The first-order valence-electron chi connectivity index (χ1n) is 4.80. The average Bonchev–Trinajstić information content (AvgIpc) is 2.52. The van der Waals surface area contributed by atoms with Crippen LogP contribution < -0.4 is 4.90 Å². The Hall–Kier alpha value is -1.12. The van der Waals surface area contributed by atoms with Crippen molar-refractivity contribution in [2.45, 2.75) is 20.3 Å². The molecular formula is C10H15N3. The fourth-order valence-corrected chi connectivity index (χ4v) is 1.70. The number of rotatable bonds is 1. The Balaban J connectivity index is 2.16. The molecule has 70 valence electrons. The van der Waals surface area contributed by atoms with Crippen LogP contribution in [0.3, 0.4) is 0 Å². The molecule has 0 N–H and O–H groups in total. The van der Waals surface area contributed by atoms with E-state index in [0.717, 1.165) is 30.6 Å². The molecule has 1 unspecified atom stereocenters. The van der Waals surface area contributed by atoms with Gasteiger partial charge in [0.15, 0.2) is 0 Å². The standard InChI is InChI=1S/C10H15N3/c1-8-4-6-13(7-8)10-11-5-3-9(2)12-10/h3,5,8H,4,6-7H2,1-2H3. The molecule has 0 spiro atoms. The van der Waals surface area contributed by atoms with E-state index in [1.54, 1.807) is 0 Å². The van der Waals surface area contributed by atoms with Crippen LogP contribution in [0, 0.1) is 12.8 Å². The zero-order chi connectivity index (χ0) is 9.26. The zero-order valence-electron chi connectivity index (χ0n) is 8.20. The normalized spacial score (nSPS) is 22.3. The average molecular weight is 177 g/mol. The zero-order valence-corrected chi connectivity index (χ0v) is 8.20. The van der Waals surface area contributed by atoms with Crippen molar-refractivity contribution in [2.24, 2.45) is 5.92 Å². The number of hydrogen-bond acceptors (Lipinski definition) is 3. The van der Waals surface area contributed by atoms with E-state index in [4.69, 9.17) is 0 Å². The summed E-state index contributed by atoms with van der Waals surface area (Å²) in [7, 11) is 0. The highest BCUT2D eigenvalue weighted by Crippen LogP contribution is 2.19. The van der Waals surface area contributed by atoms with Crippen molar-refractivity contribution < 1.29 is 0 Å². The maximum Gasteiger partial charge on any atom is 0.225 e. The van der Waals surface area contributed by atoms with Crippen LogP contribution in [0.5, 0.6) is 0 Å². The summed E-state index contributed by atoms with van der Waals surface area (Å²) in [4.78, 5) is 10.9. The molecule has 0 saturated carbocycles. The van der Waals surface area contributed by atoms with Crippen molar-refractivity contribution in [3.05, 3.63) is 18.0 Å². The fraction of sp³-hybridized carbons (Fsp3) is 0.600. The molecule has 0 aromatic carbocycles. The van der Waals surface area contributed by atoms with Crippen molar-refractivity contribution in [3.8, 4) is 0 Å². The van der Waals surface area contributed by atoms with E-state index < -0.39 is 0 Å². The van der Waals surface area contributed by atoms with E-state index in [9.17, 15) is 0 Å². The number of aryl methyl sites for hydroxylation is 1. The molecule has 1 aliphatic heterocycles.